The van der Waals surface area contributed by atoms with Crippen molar-refractivity contribution in [1.29, 1.82) is 5.41 Å². The van der Waals surface area contributed by atoms with E-state index in [1.165, 1.54) is 0 Å². The van der Waals surface area contributed by atoms with Crippen molar-refractivity contribution >= 4 is 11.4 Å². The maximum atomic E-state index is 7.88. The summed E-state index contributed by atoms with van der Waals surface area (Å²) in [5.74, 6) is 0. The smallest absolute Gasteiger partial charge is 0.0945 e. The average Bonchev–Trinajstić information content (AvgIpc) is 2.23. The largest absolute Gasteiger partial charge is 0.399 e. The molecule has 0 radical (unpaired) electrons. The first-order valence-corrected chi connectivity index (χ1v) is 5.12. The molecule has 1 rings (SSSR count). The van der Waals surface area contributed by atoms with Gasteiger partial charge in [0.25, 0.3) is 0 Å². The maximum Gasteiger partial charge on any atom is 0.0945 e. The van der Waals surface area contributed by atoms with Crippen molar-refractivity contribution in [2.75, 3.05) is 12.8 Å². The van der Waals surface area contributed by atoms with Crippen LogP contribution >= 0.6 is 0 Å². The number of hydrogen-bond donors (Lipinski definition) is 2. The van der Waals surface area contributed by atoms with E-state index in [-0.39, 0.29) is 6.10 Å². The fraction of sp³-hybridized carbons (Fsp3) is 0.417. The summed E-state index contributed by atoms with van der Waals surface area (Å²) in [5, 5.41) is 7.88. The second-order valence-electron chi connectivity index (χ2n) is 3.58. The van der Waals surface area contributed by atoms with E-state index in [1.54, 1.807) is 7.11 Å². The average molecular weight is 206 g/mol. The van der Waals surface area contributed by atoms with E-state index in [4.69, 9.17) is 15.9 Å². The summed E-state index contributed by atoms with van der Waals surface area (Å²) >= 11 is 0. The Morgan fingerprint density at radius 2 is 2.00 bits per heavy atom. The molecule has 0 aliphatic carbocycles. The summed E-state index contributed by atoms with van der Waals surface area (Å²) in [6.45, 7) is 2.02. The number of benzene rings is 1. The fourth-order valence-electron chi connectivity index (χ4n) is 1.52. The van der Waals surface area contributed by atoms with Crippen molar-refractivity contribution < 1.29 is 4.74 Å². The van der Waals surface area contributed by atoms with Crippen LogP contribution in [0, 0.1) is 5.41 Å². The highest BCUT2D eigenvalue weighted by molar-refractivity contribution is 5.87. The van der Waals surface area contributed by atoms with Crippen LogP contribution in [0.3, 0.4) is 0 Å². The first kappa shape index (κ1) is 11.7. The Kier molecular flexibility index (Phi) is 4.31. The first-order valence-electron chi connectivity index (χ1n) is 5.12. The SMILES string of the molecule is CC[C@@H](OC)C(=N)Cc1ccc(N)cc1. The van der Waals surface area contributed by atoms with Gasteiger partial charge in [-0.3, -0.25) is 0 Å². The molecule has 3 heteroatoms. The molecule has 0 aliphatic heterocycles. The number of nitrogens with one attached hydrogen (secondary N) is 1. The van der Waals surface area contributed by atoms with Crippen molar-refractivity contribution in [2.24, 2.45) is 0 Å². The summed E-state index contributed by atoms with van der Waals surface area (Å²) in [4.78, 5) is 0. The molecule has 3 N–H and O–H groups in total. The third-order valence-corrected chi connectivity index (χ3v) is 2.42. The minimum atomic E-state index is -0.0671. The molecule has 1 aromatic carbocycles. The number of anilines is 1. The second kappa shape index (κ2) is 5.51. The van der Waals surface area contributed by atoms with Gasteiger partial charge in [0, 0.05) is 24.9 Å². The van der Waals surface area contributed by atoms with Crippen LogP contribution in [0.25, 0.3) is 0 Å². The molecule has 0 spiro atoms. The van der Waals surface area contributed by atoms with E-state index in [9.17, 15) is 0 Å². The Morgan fingerprint density at radius 1 is 1.40 bits per heavy atom. The number of ether oxygens (including phenoxy) is 1. The van der Waals surface area contributed by atoms with Gasteiger partial charge >= 0.3 is 0 Å². The van der Waals surface area contributed by atoms with Crippen LogP contribution in [-0.4, -0.2) is 18.9 Å². The Morgan fingerprint density at radius 3 is 2.47 bits per heavy atom. The number of hydrogen-bond acceptors (Lipinski definition) is 3. The summed E-state index contributed by atoms with van der Waals surface area (Å²) in [6, 6.07) is 7.62. The molecular weight excluding hydrogens is 188 g/mol. The van der Waals surface area contributed by atoms with Gasteiger partial charge in [-0.05, 0) is 24.1 Å². The molecule has 0 aromatic heterocycles. The van der Waals surface area contributed by atoms with Crippen LogP contribution in [-0.2, 0) is 11.2 Å². The molecular formula is C12H18N2O. The summed E-state index contributed by atoms with van der Waals surface area (Å²) < 4.78 is 5.21. The number of nitrogens with two attached hydrogens (primary N) is 1. The van der Waals surface area contributed by atoms with Gasteiger partial charge in [-0.25, -0.2) is 0 Å². The first-order chi connectivity index (χ1) is 7.17. The van der Waals surface area contributed by atoms with E-state index in [1.807, 2.05) is 31.2 Å². The molecule has 82 valence electrons. The monoisotopic (exact) mass is 206 g/mol. The predicted octanol–water partition coefficient (Wildman–Crippen LogP) is 2.26. The van der Waals surface area contributed by atoms with E-state index in [0.717, 1.165) is 17.7 Å². The Labute approximate surface area is 90.8 Å². The zero-order valence-electron chi connectivity index (χ0n) is 9.29. The third kappa shape index (κ3) is 3.36. The quantitative estimate of drug-likeness (QED) is 0.573. The van der Waals surface area contributed by atoms with Crippen LogP contribution in [0.2, 0.25) is 0 Å². The number of rotatable bonds is 5. The highest BCUT2D eigenvalue weighted by Gasteiger charge is 2.11. The van der Waals surface area contributed by atoms with E-state index in [0.29, 0.717) is 12.1 Å². The Bertz CT molecular complexity index is 315. The molecule has 0 bridgehead atoms. The van der Waals surface area contributed by atoms with E-state index in [2.05, 4.69) is 0 Å². The van der Waals surface area contributed by atoms with Crippen molar-refractivity contribution in [1.82, 2.24) is 0 Å². The zero-order chi connectivity index (χ0) is 11.3. The van der Waals surface area contributed by atoms with Gasteiger partial charge in [0.05, 0.1) is 6.10 Å². The molecule has 1 aromatic rings. The third-order valence-electron chi connectivity index (χ3n) is 2.42. The lowest BCUT2D eigenvalue weighted by Gasteiger charge is -2.14. The Hall–Kier alpha value is -1.35. The standard InChI is InChI=1S/C12H18N2O/c1-3-12(15-2)11(14)8-9-4-6-10(13)7-5-9/h4-7,12,14H,3,8,13H2,1-2H3/t12-/m1/s1. The van der Waals surface area contributed by atoms with Gasteiger partial charge in [-0.15, -0.1) is 0 Å². The summed E-state index contributed by atoms with van der Waals surface area (Å²) in [6.07, 6.45) is 1.40. The van der Waals surface area contributed by atoms with Crippen molar-refractivity contribution in [2.45, 2.75) is 25.9 Å². The van der Waals surface area contributed by atoms with Crippen LogP contribution in [0.4, 0.5) is 5.69 Å². The maximum absolute atomic E-state index is 7.88. The van der Waals surface area contributed by atoms with Crippen LogP contribution in [0.1, 0.15) is 18.9 Å². The molecule has 1 atom stereocenters. The van der Waals surface area contributed by atoms with Crippen LogP contribution in [0.5, 0.6) is 0 Å². The Balaban J connectivity index is 2.61. The molecule has 0 heterocycles. The lowest BCUT2D eigenvalue weighted by atomic mass is 10.0. The summed E-state index contributed by atoms with van der Waals surface area (Å²) in [5.41, 5.74) is 8.06. The lowest BCUT2D eigenvalue weighted by Crippen LogP contribution is -2.23. The van der Waals surface area contributed by atoms with Gasteiger partial charge < -0.3 is 15.9 Å². The fourth-order valence-corrected chi connectivity index (χ4v) is 1.52. The topological polar surface area (TPSA) is 59.1 Å². The van der Waals surface area contributed by atoms with Gasteiger partial charge in [0.2, 0.25) is 0 Å². The van der Waals surface area contributed by atoms with Gasteiger partial charge in [-0.2, -0.15) is 0 Å². The molecule has 3 nitrogen and oxygen atoms in total. The molecule has 15 heavy (non-hydrogen) atoms. The van der Waals surface area contributed by atoms with Crippen LogP contribution < -0.4 is 5.73 Å². The van der Waals surface area contributed by atoms with Gasteiger partial charge in [-0.1, -0.05) is 19.1 Å². The molecule has 0 unspecified atom stereocenters. The van der Waals surface area contributed by atoms with Crippen molar-refractivity contribution in [3.8, 4) is 0 Å². The molecule has 0 aliphatic rings. The van der Waals surface area contributed by atoms with E-state index >= 15 is 0 Å². The van der Waals surface area contributed by atoms with Crippen LogP contribution in [0.15, 0.2) is 24.3 Å². The highest BCUT2D eigenvalue weighted by Crippen LogP contribution is 2.09. The minimum Gasteiger partial charge on any atom is -0.399 e. The van der Waals surface area contributed by atoms with E-state index < -0.39 is 0 Å². The predicted molar refractivity (Wildman–Crippen MR) is 63.4 cm³/mol. The number of methoxy groups -OCH3 is 1. The number of nitrogen functional groups attached to an aromatic ring is 1. The zero-order valence-corrected chi connectivity index (χ0v) is 9.29. The second-order valence-corrected chi connectivity index (χ2v) is 3.58. The molecule has 0 amide bonds. The molecule has 0 saturated carbocycles. The van der Waals surface area contributed by atoms with Gasteiger partial charge in [0.15, 0.2) is 0 Å². The normalized spacial score (nSPS) is 12.4. The van der Waals surface area contributed by atoms with Crippen molar-refractivity contribution in [3.63, 3.8) is 0 Å². The van der Waals surface area contributed by atoms with Gasteiger partial charge in [0.1, 0.15) is 0 Å². The lowest BCUT2D eigenvalue weighted by molar-refractivity contribution is 0.151. The molecule has 0 saturated heterocycles. The summed E-state index contributed by atoms with van der Waals surface area (Å²) in [7, 11) is 1.64. The minimum absolute atomic E-state index is 0.0671. The molecule has 0 fully saturated rings. The highest BCUT2D eigenvalue weighted by atomic mass is 16.5. The van der Waals surface area contributed by atoms with Crippen molar-refractivity contribution in [3.05, 3.63) is 29.8 Å².